The fourth-order valence-electron chi connectivity index (χ4n) is 1.22. The van der Waals surface area contributed by atoms with E-state index in [-0.39, 0.29) is 5.91 Å². The van der Waals surface area contributed by atoms with Crippen LogP contribution in [0.25, 0.3) is 0 Å². The van der Waals surface area contributed by atoms with Gasteiger partial charge in [0.25, 0.3) is 0 Å². The van der Waals surface area contributed by atoms with Crippen LogP contribution in [0.1, 0.15) is 41.0 Å². The molecule has 1 N–H and O–H groups in total. The Labute approximate surface area is 98.0 Å². The maximum absolute atomic E-state index is 11.8. The van der Waals surface area contributed by atoms with Gasteiger partial charge in [0.05, 0.1) is 11.7 Å². The lowest BCUT2D eigenvalue weighted by Crippen LogP contribution is -2.45. The van der Waals surface area contributed by atoms with Crippen molar-refractivity contribution in [3.05, 3.63) is 0 Å². The number of nitrogens with one attached hydrogen (secondary N) is 1. The van der Waals surface area contributed by atoms with Gasteiger partial charge >= 0.3 is 0 Å². The minimum atomic E-state index is -0.942. The molecule has 1 amide bonds. The van der Waals surface area contributed by atoms with E-state index in [1.165, 1.54) is 0 Å². The van der Waals surface area contributed by atoms with Crippen molar-refractivity contribution in [2.24, 2.45) is 5.41 Å². The summed E-state index contributed by atoms with van der Waals surface area (Å²) < 4.78 is 5.46. The molecule has 0 bridgehead atoms. The Hall–Kier alpha value is -1.08. The first kappa shape index (κ1) is 14.9. The van der Waals surface area contributed by atoms with E-state index in [4.69, 9.17) is 10.00 Å². The summed E-state index contributed by atoms with van der Waals surface area (Å²) in [4.78, 5) is 11.8. The molecule has 1 unspecified atom stereocenters. The van der Waals surface area contributed by atoms with Gasteiger partial charge in [-0.25, -0.2) is 0 Å². The third-order valence-electron chi connectivity index (χ3n) is 2.66. The van der Waals surface area contributed by atoms with E-state index in [1.54, 1.807) is 6.92 Å². The molecule has 4 heteroatoms. The number of amides is 1. The van der Waals surface area contributed by atoms with Crippen molar-refractivity contribution >= 4 is 5.91 Å². The van der Waals surface area contributed by atoms with Crippen LogP contribution >= 0.6 is 0 Å². The van der Waals surface area contributed by atoms with Crippen LogP contribution in [0.2, 0.25) is 0 Å². The number of carbonyl (C=O) groups is 1. The molecular weight excluding hydrogens is 204 g/mol. The van der Waals surface area contributed by atoms with E-state index < -0.39 is 11.0 Å². The number of nitrogens with zero attached hydrogens (tertiary/aromatic N) is 1. The molecule has 0 aromatic rings. The molecule has 0 aliphatic carbocycles. The number of carbonyl (C=O) groups excluding carboxylic acids is 1. The summed E-state index contributed by atoms with van der Waals surface area (Å²) in [6, 6.07) is 2.04. The van der Waals surface area contributed by atoms with Crippen LogP contribution in [-0.2, 0) is 9.53 Å². The second kappa shape index (κ2) is 5.86. The van der Waals surface area contributed by atoms with Crippen molar-refractivity contribution in [2.75, 3.05) is 13.2 Å². The molecule has 0 aliphatic rings. The summed E-state index contributed by atoms with van der Waals surface area (Å²) in [5.41, 5.74) is -1.34. The van der Waals surface area contributed by atoms with Crippen molar-refractivity contribution in [2.45, 2.75) is 46.6 Å². The predicted molar refractivity (Wildman–Crippen MR) is 62.7 cm³/mol. The third-order valence-corrected chi connectivity index (χ3v) is 2.66. The molecule has 0 radical (unpaired) electrons. The molecular formula is C12H22N2O2. The largest absolute Gasteiger partial charge is 0.374 e. The van der Waals surface area contributed by atoms with Crippen molar-refractivity contribution < 1.29 is 9.53 Å². The van der Waals surface area contributed by atoms with Crippen molar-refractivity contribution in [1.82, 2.24) is 5.32 Å². The highest BCUT2D eigenvalue weighted by Crippen LogP contribution is 2.20. The molecule has 1 atom stereocenters. The fraction of sp³-hybridized carbons (Fsp3) is 0.833. The first-order valence-corrected chi connectivity index (χ1v) is 5.65. The predicted octanol–water partition coefficient (Wildman–Crippen LogP) is 1.86. The number of nitriles is 1. The topological polar surface area (TPSA) is 62.1 Å². The average Bonchev–Trinajstić information content (AvgIpc) is 2.24. The van der Waals surface area contributed by atoms with Gasteiger partial charge in [-0.1, -0.05) is 6.92 Å². The smallest absolute Gasteiger partial charge is 0.240 e. The van der Waals surface area contributed by atoms with E-state index in [2.05, 4.69) is 5.32 Å². The summed E-state index contributed by atoms with van der Waals surface area (Å²) in [6.45, 7) is 10.2. The van der Waals surface area contributed by atoms with Gasteiger partial charge in [-0.3, -0.25) is 4.79 Å². The van der Waals surface area contributed by atoms with Crippen LogP contribution in [0.5, 0.6) is 0 Å². The van der Waals surface area contributed by atoms with E-state index >= 15 is 0 Å². The van der Waals surface area contributed by atoms with Crippen LogP contribution in [0, 0.1) is 16.7 Å². The second-order valence-corrected chi connectivity index (χ2v) is 4.67. The van der Waals surface area contributed by atoms with E-state index in [0.717, 1.165) is 0 Å². The Morgan fingerprint density at radius 1 is 1.38 bits per heavy atom. The molecule has 0 heterocycles. The summed E-state index contributed by atoms with van der Waals surface area (Å²) in [5.74, 6) is -0.231. The molecule has 92 valence electrons. The highest BCUT2D eigenvalue weighted by atomic mass is 16.5. The van der Waals surface area contributed by atoms with Crippen molar-refractivity contribution in [3.8, 4) is 6.07 Å². The molecule has 0 rings (SSSR count). The van der Waals surface area contributed by atoms with Gasteiger partial charge in [0, 0.05) is 13.2 Å². The molecule has 0 spiro atoms. The van der Waals surface area contributed by atoms with Crippen molar-refractivity contribution in [1.29, 1.82) is 5.26 Å². The lowest BCUT2D eigenvalue weighted by atomic mass is 9.88. The first-order valence-electron chi connectivity index (χ1n) is 5.65. The van der Waals surface area contributed by atoms with E-state index in [0.29, 0.717) is 19.6 Å². The highest BCUT2D eigenvalue weighted by Gasteiger charge is 2.32. The first-order chi connectivity index (χ1) is 7.31. The summed E-state index contributed by atoms with van der Waals surface area (Å²) >= 11 is 0. The SMILES string of the molecule is CCOC(C)(C)CNC(=O)C(C)(C#N)CC. The molecule has 0 saturated heterocycles. The van der Waals surface area contributed by atoms with Gasteiger partial charge in [0.2, 0.25) is 5.91 Å². The van der Waals surface area contributed by atoms with Gasteiger partial charge < -0.3 is 10.1 Å². The minimum absolute atomic E-state index is 0.231. The van der Waals surface area contributed by atoms with Gasteiger partial charge in [0.15, 0.2) is 0 Å². The second-order valence-electron chi connectivity index (χ2n) is 4.67. The molecule has 0 fully saturated rings. The molecule has 0 aromatic heterocycles. The number of hydrogen-bond acceptors (Lipinski definition) is 3. The quantitative estimate of drug-likeness (QED) is 0.752. The maximum atomic E-state index is 11.8. The van der Waals surface area contributed by atoms with E-state index in [9.17, 15) is 4.79 Å². The zero-order valence-corrected chi connectivity index (χ0v) is 10.9. The number of hydrogen-bond donors (Lipinski definition) is 1. The Balaban J connectivity index is 4.33. The van der Waals surface area contributed by atoms with Crippen LogP contribution in [-0.4, -0.2) is 24.7 Å². The maximum Gasteiger partial charge on any atom is 0.240 e. The Kier molecular flexibility index (Phi) is 5.46. The summed E-state index contributed by atoms with van der Waals surface area (Å²) in [5, 5.41) is 11.7. The van der Waals surface area contributed by atoms with Gasteiger partial charge in [-0.15, -0.1) is 0 Å². The monoisotopic (exact) mass is 226 g/mol. The van der Waals surface area contributed by atoms with Crippen LogP contribution < -0.4 is 5.32 Å². The van der Waals surface area contributed by atoms with Crippen LogP contribution in [0.3, 0.4) is 0 Å². The highest BCUT2D eigenvalue weighted by molar-refractivity contribution is 5.84. The van der Waals surface area contributed by atoms with Crippen LogP contribution in [0.15, 0.2) is 0 Å². The molecule has 4 nitrogen and oxygen atoms in total. The normalized spacial score (nSPS) is 15.0. The molecule has 16 heavy (non-hydrogen) atoms. The molecule has 0 aromatic carbocycles. The zero-order valence-electron chi connectivity index (χ0n) is 10.9. The fourth-order valence-corrected chi connectivity index (χ4v) is 1.22. The number of rotatable bonds is 6. The molecule has 0 saturated carbocycles. The van der Waals surface area contributed by atoms with Crippen LogP contribution in [0.4, 0.5) is 0 Å². The summed E-state index contributed by atoms with van der Waals surface area (Å²) in [6.07, 6.45) is 0.504. The average molecular weight is 226 g/mol. The van der Waals surface area contributed by atoms with Gasteiger partial charge in [0.1, 0.15) is 5.41 Å². The van der Waals surface area contributed by atoms with Crippen molar-refractivity contribution in [3.63, 3.8) is 0 Å². The Morgan fingerprint density at radius 3 is 2.31 bits per heavy atom. The molecule has 0 aliphatic heterocycles. The third kappa shape index (κ3) is 4.19. The standard InChI is InChI=1S/C12H22N2O2/c1-6-12(5,8-13)10(15)14-9-11(3,4)16-7-2/h6-7,9H2,1-5H3,(H,14,15). The minimum Gasteiger partial charge on any atom is -0.374 e. The van der Waals surface area contributed by atoms with Gasteiger partial charge in [-0.2, -0.15) is 5.26 Å². The zero-order chi connectivity index (χ0) is 12.8. The Morgan fingerprint density at radius 2 is 1.94 bits per heavy atom. The summed E-state index contributed by atoms with van der Waals surface area (Å²) in [7, 11) is 0. The lowest BCUT2D eigenvalue weighted by molar-refractivity contribution is -0.129. The number of ether oxygens (including phenoxy) is 1. The van der Waals surface area contributed by atoms with E-state index in [1.807, 2.05) is 33.8 Å². The Bertz CT molecular complexity index is 281. The van der Waals surface area contributed by atoms with Gasteiger partial charge in [-0.05, 0) is 34.1 Å². The lowest BCUT2D eigenvalue weighted by Gasteiger charge is -2.27.